The Morgan fingerprint density at radius 2 is 1.42 bits per heavy atom. The van der Waals surface area contributed by atoms with Crippen molar-refractivity contribution in [2.24, 2.45) is 5.10 Å². The number of amides is 2. The number of hydrazone groups is 1. The van der Waals surface area contributed by atoms with Crippen LogP contribution in [0.3, 0.4) is 0 Å². The first-order chi connectivity index (χ1) is 8.49. The Morgan fingerprint density at radius 3 is 1.89 bits per heavy atom. The van der Waals surface area contributed by atoms with Crippen molar-refractivity contribution >= 4 is 18.5 Å². The molecule has 0 heterocycles. The number of carbonyl (C=O) groups excluding carboxylic acids is 2. The molecule has 0 fully saturated rings. The lowest BCUT2D eigenvalue weighted by Crippen LogP contribution is -2.41. The highest BCUT2D eigenvalue weighted by Gasteiger charge is 2.16. The summed E-state index contributed by atoms with van der Waals surface area (Å²) in [7, 11) is 0. The predicted molar refractivity (Wildman–Crippen MR) is 70.4 cm³/mol. The Morgan fingerprint density at radius 1 is 0.947 bits per heavy atom. The second-order valence-corrected chi connectivity index (χ2v) is 5.64. The number of rotatable bonds is 3. The number of hydrazine groups is 1. The molecule has 110 valence electrons. The van der Waals surface area contributed by atoms with E-state index in [4.69, 9.17) is 9.47 Å². The summed E-state index contributed by atoms with van der Waals surface area (Å²) in [5.74, 6) is 0. The SMILES string of the molecule is CC(C)(C)OC(=O)N/N=C/NNC(=O)OC(C)(C)C. The van der Waals surface area contributed by atoms with E-state index in [1.807, 2.05) is 0 Å². The van der Waals surface area contributed by atoms with Gasteiger partial charge in [0.2, 0.25) is 0 Å². The van der Waals surface area contributed by atoms with E-state index in [9.17, 15) is 9.59 Å². The van der Waals surface area contributed by atoms with Gasteiger partial charge in [0.15, 0.2) is 0 Å². The molecular weight excluding hydrogens is 252 g/mol. The molecule has 0 bridgehead atoms. The molecule has 8 heteroatoms. The van der Waals surface area contributed by atoms with E-state index in [-0.39, 0.29) is 0 Å². The van der Waals surface area contributed by atoms with Gasteiger partial charge in [-0.1, -0.05) is 0 Å². The third kappa shape index (κ3) is 12.3. The van der Waals surface area contributed by atoms with Crippen molar-refractivity contribution in [3.05, 3.63) is 0 Å². The van der Waals surface area contributed by atoms with Gasteiger partial charge >= 0.3 is 12.2 Å². The van der Waals surface area contributed by atoms with Crippen LogP contribution in [0.4, 0.5) is 9.59 Å². The van der Waals surface area contributed by atoms with Crippen molar-refractivity contribution in [1.82, 2.24) is 16.3 Å². The normalized spacial score (nSPS) is 11.9. The standard InChI is InChI=1S/C11H22N4O4/c1-10(2,3)18-8(16)14-12-7-13-15-9(17)19-11(4,5)6/h7H,1-6H3,(H,12,13)(H,14,16)(H,15,17). The molecule has 19 heavy (non-hydrogen) atoms. The van der Waals surface area contributed by atoms with Crippen molar-refractivity contribution in [2.75, 3.05) is 0 Å². The minimum absolute atomic E-state index is 0.586. The van der Waals surface area contributed by atoms with E-state index >= 15 is 0 Å². The van der Waals surface area contributed by atoms with Gasteiger partial charge in [0.05, 0.1) is 0 Å². The number of carbonyl (C=O) groups is 2. The second kappa shape index (κ2) is 6.81. The third-order valence-corrected chi connectivity index (χ3v) is 1.26. The van der Waals surface area contributed by atoms with Crippen molar-refractivity contribution in [2.45, 2.75) is 52.7 Å². The van der Waals surface area contributed by atoms with Crippen molar-refractivity contribution in [1.29, 1.82) is 0 Å². The summed E-state index contributed by atoms with van der Waals surface area (Å²) in [5, 5.41) is 3.49. The minimum Gasteiger partial charge on any atom is -0.443 e. The zero-order valence-electron chi connectivity index (χ0n) is 12.2. The van der Waals surface area contributed by atoms with Gasteiger partial charge in [-0.05, 0) is 41.5 Å². The molecule has 0 saturated carbocycles. The number of nitrogens with zero attached hydrogens (tertiary/aromatic N) is 1. The van der Waals surface area contributed by atoms with Crippen molar-refractivity contribution in [3.63, 3.8) is 0 Å². The molecule has 0 aliphatic heterocycles. The van der Waals surface area contributed by atoms with Crippen LogP contribution >= 0.6 is 0 Å². The van der Waals surface area contributed by atoms with Crippen LogP contribution in [0.1, 0.15) is 41.5 Å². The molecule has 0 atom stereocenters. The average molecular weight is 274 g/mol. The van der Waals surface area contributed by atoms with Gasteiger partial charge in [0, 0.05) is 0 Å². The highest BCUT2D eigenvalue weighted by atomic mass is 16.6. The third-order valence-electron chi connectivity index (χ3n) is 1.26. The maximum Gasteiger partial charge on any atom is 0.428 e. The fraction of sp³-hybridized carbons (Fsp3) is 0.727. The molecular formula is C11H22N4O4. The minimum atomic E-state index is -0.692. The maximum absolute atomic E-state index is 11.2. The monoisotopic (exact) mass is 274 g/mol. The molecule has 3 N–H and O–H groups in total. The molecule has 0 rings (SSSR count). The van der Waals surface area contributed by atoms with Crippen LogP contribution in [0.25, 0.3) is 0 Å². The molecule has 0 unspecified atom stereocenters. The lowest BCUT2D eigenvalue weighted by atomic mass is 10.2. The van der Waals surface area contributed by atoms with Crippen molar-refractivity contribution < 1.29 is 19.1 Å². The number of nitrogens with one attached hydrogen (secondary N) is 3. The molecule has 0 aromatic heterocycles. The summed E-state index contributed by atoms with van der Waals surface area (Å²) in [6, 6.07) is 0. The quantitative estimate of drug-likeness (QED) is 0.411. The van der Waals surface area contributed by atoms with Gasteiger partial charge < -0.3 is 9.47 Å². The van der Waals surface area contributed by atoms with Crippen LogP contribution in [0, 0.1) is 0 Å². The molecule has 0 spiro atoms. The smallest absolute Gasteiger partial charge is 0.428 e. The molecule has 8 nitrogen and oxygen atoms in total. The zero-order chi connectivity index (χ0) is 15.1. The Bertz CT molecular complexity index is 342. The van der Waals surface area contributed by atoms with Crippen LogP contribution in [-0.4, -0.2) is 29.7 Å². The van der Waals surface area contributed by atoms with Gasteiger partial charge in [-0.15, -0.1) is 0 Å². The van der Waals surface area contributed by atoms with E-state index in [0.717, 1.165) is 6.34 Å². The maximum atomic E-state index is 11.2. The zero-order valence-corrected chi connectivity index (χ0v) is 12.2. The molecule has 0 saturated heterocycles. The fourth-order valence-corrected chi connectivity index (χ4v) is 0.813. The van der Waals surface area contributed by atoms with Crippen LogP contribution in [0.5, 0.6) is 0 Å². The van der Waals surface area contributed by atoms with Gasteiger partial charge in [-0.25, -0.2) is 20.4 Å². The molecule has 0 aromatic carbocycles. The summed E-state index contributed by atoms with van der Waals surface area (Å²) >= 11 is 0. The van der Waals surface area contributed by atoms with Crippen LogP contribution in [0.15, 0.2) is 5.10 Å². The van der Waals surface area contributed by atoms with Crippen LogP contribution in [0.2, 0.25) is 0 Å². The number of hydrogen-bond donors (Lipinski definition) is 3. The molecule has 0 aromatic rings. The average Bonchev–Trinajstić information content (AvgIpc) is 2.10. The summed E-state index contributed by atoms with van der Waals surface area (Å²) in [6.45, 7) is 10.4. The van der Waals surface area contributed by atoms with Crippen molar-refractivity contribution in [3.8, 4) is 0 Å². The van der Waals surface area contributed by atoms with Gasteiger partial charge in [0.25, 0.3) is 0 Å². The first kappa shape index (κ1) is 17.0. The molecule has 0 aliphatic carbocycles. The second-order valence-electron chi connectivity index (χ2n) is 5.64. The first-order valence-corrected chi connectivity index (χ1v) is 5.75. The largest absolute Gasteiger partial charge is 0.443 e. The summed E-state index contributed by atoms with van der Waals surface area (Å²) in [5.41, 5.74) is 5.48. The van der Waals surface area contributed by atoms with Crippen LogP contribution < -0.4 is 16.3 Å². The highest BCUT2D eigenvalue weighted by molar-refractivity contribution is 5.71. The fourth-order valence-electron chi connectivity index (χ4n) is 0.813. The van der Waals surface area contributed by atoms with E-state index in [0.29, 0.717) is 0 Å². The number of ether oxygens (including phenoxy) is 2. The molecule has 0 aliphatic rings. The van der Waals surface area contributed by atoms with Gasteiger partial charge in [-0.2, -0.15) is 5.10 Å². The topological polar surface area (TPSA) is 101 Å². The van der Waals surface area contributed by atoms with E-state index in [1.54, 1.807) is 41.5 Å². The Kier molecular flexibility index (Phi) is 6.10. The van der Waals surface area contributed by atoms with E-state index < -0.39 is 23.4 Å². The van der Waals surface area contributed by atoms with Gasteiger partial charge in [-0.3, -0.25) is 5.43 Å². The lowest BCUT2D eigenvalue weighted by Gasteiger charge is -2.19. The lowest BCUT2D eigenvalue weighted by molar-refractivity contribution is 0.0512. The Balaban J connectivity index is 3.81. The molecule has 2 amide bonds. The Labute approximate surface area is 112 Å². The van der Waals surface area contributed by atoms with Gasteiger partial charge in [0.1, 0.15) is 17.5 Å². The van der Waals surface area contributed by atoms with E-state index in [1.165, 1.54) is 0 Å². The first-order valence-electron chi connectivity index (χ1n) is 5.75. The Hall–Kier alpha value is -1.99. The summed E-state index contributed by atoms with van der Waals surface area (Å²) in [6.07, 6.45) is -0.271. The van der Waals surface area contributed by atoms with Crippen LogP contribution in [-0.2, 0) is 9.47 Å². The predicted octanol–water partition coefficient (Wildman–Crippen LogP) is 1.48. The number of hydrogen-bond acceptors (Lipinski definition) is 5. The summed E-state index contributed by atoms with van der Waals surface area (Å²) < 4.78 is 9.87. The highest BCUT2D eigenvalue weighted by Crippen LogP contribution is 2.06. The molecule has 0 radical (unpaired) electrons. The summed E-state index contributed by atoms with van der Waals surface area (Å²) in [4.78, 5) is 22.3. The van der Waals surface area contributed by atoms with E-state index in [2.05, 4.69) is 21.4 Å².